The predicted molar refractivity (Wildman–Crippen MR) is 188 cm³/mol. The van der Waals surface area contributed by atoms with E-state index in [0.29, 0.717) is 32.6 Å². The Hall–Kier alpha value is -5.33. The van der Waals surface area contributed by atoms with Gasteiger partial charge in [0.25, 0.3) is 5.91 Å². The molecular weight excluding hydrogens is 575 g/mol. The standard InChI is InChI=1S/C39H33N3O2S/c1-24(2)27-16-11-26(12-17-27)13-22-34(43)30-18-20-31(21-19-30)41-38(44)37-36(40)35-32(28-14-9-25(3)10-15-28)23-33(42-39(35)45-37)29-7-5-4-6-8-29/h4-24H,40H2,1-3H3,(H,41,44)/b22-13+. The molecule has 0 radical (unpaired) electrons. The second-order valence-electron chi connectivity index (χ2n) is 11.4. The monoisotopic (exact) mass is 607 g/mol. The Morgan fingerprint density at radius 3 is 2.20 bits per heavy atom. The van der Waals surface area contributed by atoms with Crippen LogP contribution in [0.4, 0.5) is 11.4 Å². The van der Waals surface area contributed by atoms with Crippen LogP contribution in [0.15, 0.2) is 115 Å². The maximum atomic E-state index is 13.5. The van der Waals surface area contributed by atoms with Gasteiger partial charge in [-0.15, -0.1) is 11.3 Å². The van der Waals surface area contributed by atoms with Gasteiger partial charge in [-0.2, -0.15) is 0 Å². The van der Waals surface area contributed by atoms with E-state index in [9.17, 15) is 9.59 Å². The fraction of sp³-hybridized carbons (Fsp3) is 0.103. The minimum absolute atomic E-state index is 0.113. The van der Waals surface area contributed by atoms with Crippen LogP contribution in [0.2, 0.25) is 0 Å². The fourth-order valence-electron chi connectivity index (χ4n) is 5.17. The zero-order chi connectivity index (χ0) is 31.5. The number of nitrogen functional groups attached to an aromatic ring is 1. The smallest absolute Gasteiger partial charge is 0.267 e. The van der Waals surface area contributed by atoms with Crippen LogP contribution in [0.5, 0.6) is 0 Å². The van der Waals surface area contributed by atoms with Gasteiger partial charge >= 0.3 is 0 Å². The lowest BCUT2D eigenvalue weighted by atomic mass is 9.98. The molecule has 2 heterocycles. The summed E-state index contributed by atoms with van der Waals surface area (Å²) in [6, 6.07) is 35.3. The van der Waals surface area contributed by atoms with Crippen LogP contribution < -0.4 is 11.1 Å². The highest BCUT2D eigenvalue weighted by Gasteiger charge is 2.22. The zero-order valence-electron chi connectivity index (χ0n) is 25.4. The second kappa shape index (κ2) is 12.7. The molecule has 0 spiro atoms. The average molecular weight is 608 g/mol. The Kier molecular flexibility index (Phi) is 8.41. The van der Waals surface area contributed by atoms with E-state index in [4.69, 9.17) is 10.7 Å². The number of anilines is 2. The molecule has 5 nitrogen and oxygen atoms in total. The minimum atomic E-state index is -0.324. The molecule has 0 unspecified atom stereocenters. The first-order chi connectivity index (χ1) is 21.8. The second-order valence-corrected chi connectivity index (χ2v) is 12.4. The van der Waals surface area contributed by atoms with Crippen molar-refractivity contribution in [3.63, 3.8) is 0 Å². The number of aromatic nitrogens is 1. The largest absolute Gasteiger partial charge is 0.397 e. The van der Waals surface area contributed by atoms with Crippen molar-refractivity contribution in [1.29, 1.82) is 0 Å². The molecule has 4 aromatic carbocycles. The molecule has 1 amide bonds. The highest BCUT2D eigenvalue weighted by Crippen LogP contribution is 2.41. The minimum Gasteiger partial charge on any atom is -0.397 e. The number of hydrogen-bond donors (Lipinski definition) is 2. The molecule has 0 saturated carbocycles. The van der Waals surface area contributed by atoms with Crippen molar-refractivity contribution >= 4 is 50.7 Å². The molecule has 0 fully saturated rings. The predicted octanol–water partition coefficient (Wildman–Crippen LogP) is 9.79. The van der Waals surface area contributed by atoms with Crippen LogP contribution in [0.25, 0.3) is 38.7 Å². The number of nitrogens with two attached hydrogens (primary N) is 1. The summed E-state index contributed by atoms with van der Waals surface area (Å²) >= 11 is 1.28. The lowest BCUT2D eigenvalue weighted by Crippen LogP contribution is -2.12. The Bertz CT molecular complexity index is 2020. The van der Waals surface area contributed by atoms with Gasteiger partial charge in [0.2, 0.25) is 0 Å². The maximum absolute atomic E-state index is 13.5. The first-order valence-corrected chi connectivity index (χ1v) is 15.7. The van der Waals surface area contributed by atoms with Crippen molar-refractivity contribution in [3.8, 4) is 22.4 Å². The number of carbonyl (C=O) groups is 2. The van der Waals surface area contributed by atoms with Gasteiger partial charge in [-0.25, -0.2) is 4.98 Å². The van der Waals surface area contributed by atoms with Crippen LogP contribution in [-0.2, 0) is 0 Å². The molecule has 0 atom stereocenters. The van der Waals surface area contributed by atoms with Gasteiger partial charge in [0, 0.05) is 22.2 Å². The van der Waals surface area contributed by atoms with Crippen LogP contribution in [0.3, 0.4) is 0 Å². The number of thiophene rings is 1. The van der Waals surface area contributed by atoms with Crippen molar-refractivity contribution in [2.75, 3.05) is 11.1 Å². The number of carbonyl (C=O) groups excluding carboxylic acids is 2. The molecule has 0 bridgehead atoms. The van der Waals surface area contributed by atoms with Crippen molar-refractivity contribution in [3.05, 3.63) is 142 Å². The van der Waals surface area contributed by atoms with E-state index in [1.807, 2.05) is 54.6 Å². The lowest BCUT2D eigenvalue weighted by Gasteiger charge is -2.09. The van der Waals surface area contributed by atoms with Gasteiger partial charge in [0.05, 0.1) is 11.4 Å². The number of fused-ring (bicyclic) bond motifs is 1. The van der Waals surface area contributed by atoms with Crippen molar-refractivity contribution in [2.45, 2.75) is 26.7 Å². The number of rotatable bonds is 8. The third kappa shape index (κ3) is 6.47. The number of hydrogen-bond acceptors (Lipinski definition) is 5. The third-order valence-electron chi connectivity index (χ3n) is 7.79. The zero-order valence-corrected chi connectivity index (χ0v) is 26.2. The number of nitrogens with one attached hydrogen (secondary N) is 1. The molecule has 6 heteroatoms. The fourth-order valence-corrected chi connectivity index (χ4v) is 6.19. The van der Waals surface area contributed by atoms with Gasteiger partial charge in [-0.3, -0.25) is 9.59 Å². The van der Waals surface area contributed by atoms with Gasteiger partial charge in [-0.05, 0) is 71.5 Å². The van der Waals surface area contributed by atoms with E-state index in [2.05, 4.69) is 62.5 Å². The highest BCUT2D eigenvalue weighted by molar-refractivity contribution is 7.21. The van der Waals surface area contributed by atoms with E-state index >= 15 is 0 Å². The summed E-state index contributed by atoms with van der Waals surface area (Å²) in [5.74, 6) is 0.0215. The number of aryl methyl sites for hydroxylation is 1. The van der Waals surface area contributed by atoms with Crippen LogP contribution >= 0.6 is 11.3 Å². The third-order valence-corrected chi connectivity index (χ3v) is 8.89. The SMILES string of the molecule is Cc1ccc(-c2cc(-c3ccccc3)nc3sc(C(=O)Nc4ccc(C(=O)/C=C/c5ccc(C(C)C)cc5)cc4)c(N)c23)cc1. The van der Waals surface area contributed by atoms with Gasteiger partial charge in [0.1, 0.15) is 9.71 Å². The van der Waals surface area contributed by atoms with E-state index < -0.39 is 0 Å². The van der Waals surface area contributed by atoms with E-state index in [0.717, 1.165) is 38.9 Å². The number of nitrogens with zero attached hydrogens (tertiary/aromatic N) is 1. The molecular formula is C39H33N3O2S. The average Bonchev–Trinajstić information content (AvgIpc) is 3.40. The molecule has 0 aliphatic rings. The highest BCUT2D eigenvalue weighted by atomic mass is 32.1. The first kappa shape index (κ1) is 29.7. The number of amides is 1. The number of ketones is 1. The quantitative estimate of drug-likeness (QED) is 0.133. The molecule has 6 aromatic rings. The summed E-state index contributed by atoms with van der Waals surface area (Å²) in [6.45, 7) is 6.35. The first-order valence-electron chi connectivity index (χ1n) is 14.9. The lowest BCUT2D eigenvalue weighted by molar-refractivity contribution is 0.102. The summed E-state index contributed by atoms with van der Waals surface area (Å²) in [6.07, 6.45) is 3.38. The van der Waals surface area contributed by atoms with Crippen molar-refractivity contribution in [1.82, 2.24) is 4.98 Å². The molecule has 222 valence electrons. The van der Waals surface area contributed by atoms with E-state index in [1.165, 1.54) is 16.9 Å². The normalized spacial score (nSPS) is 11.4. The molecule has 0 aliphatic heterocycles. The van der Waals surface area contributed by atoms with Gasteiger partial charge in [-0.1, -0.05) is 104 Å². The molecule has 2 aromatic heterocycles. The van der Waals surface area contributed by atoms with Crippen LogP contribution in [0, 0.1) is 6.92 Å². The van der Waals surface area contributed by atoms with Gasteiger partial charge in [0.15, 0.2) is 5.78 Å². The van der Waals surface area contributed by atoms with Crippen molar-refractivity contribution < 1.29 is 9.59 Å². The maximum Gasteiger partial charge on any atom is 0.267 e. The molecule has 45 heavy (non-hydrogen) atoms. The summed E-state index contributed by atoms with van der Waals surface area (Å²) in [5.41, 5.74) is 15.3. The number of allylic oxidation sites excluding steroid dienone is 1. The Labute approximate surface area is 267 Å². The summed E-state index contributed by atoms with van der Waals surface area (Å²) in [4.78, 5) is 32.3. The topological polar surface area (TPSA) is 85.1 Å². The van der Waals surface area contributed by atoms with Crippen molar-refractivity contribution in [2.24, 2.45) is 0 Å². The van der Waals surface area contributed by atoms with Gasteiger partial charge < -0.3 is 11.1 Å². The van der Waals surface area contributed by atoms with Crippen LogP contribution in [0.1, 0.15) is 56.5 Å². The molecule has 0 saturated heterocycles. The summed E-state index contributed by atoms with van der Waals surface area (Å²) in [7, 11) is 0. The Morgan fingerprint density at radius 1 is 0.844 bits per heavy atom. The molecule has 3 N–H and O–H groups in total. The summed E-state index contributed by atoms with van der Waals surface area (Å²) < 4.78 is 0. The molecule has 0 aliphatic carbocycles. The van der Waals surface area contributed by atoms with E-state index in [1.54, 1.807) is 30.3 Å². The number of pyridine rings is 1. The van der Waals surface area contributed by atoms with E-state index in [-0.39, 0.29) is 11.7 Å². The Morgan fingerprint density at radius 2 is 1.53 bits per heavy atom. The Balaban J connectivity index is 1.25. The molecule has 6 rings (SSSR count). The van der Waals surface area contributed by atoms with Crippen LogP contribution in [-0.4, -0.2) is 16.7 Å². The summed E-state index contributed by atoms with van der Waals surface area (Å²) in [5, 5.41) is 3.71. The number of benzene rings is 4.